The summed E-state index contributed by atoms with van der Waals surface area (Å²) < 4.78 is 18.8. The van der Waals surface area contributed by atoms with E-state index in [1.54, 1.807) is 19.2 Å². The van der Waals surface area contributed by atoms with Crippen molar-refractivity contribution in [2.24, 2.45) is 0 Å². The molecule has 0 aliphatic carbocycles. The molecule has 1 fully saturated rings. The molecule has 1 N–H and O–H groups in total. The molecule has 1 aromatic carbocycles. The normalized spacial score (nSPS) is 14.4. The molecule has 138 valence electrons. The van der Waals surface area contributed by atoms with E-state index in [0.29, 0.717) is 56.5 Å². The van der Waals surface area contributed by atoms with Gasteiger partial charge in [0, 0.05) is 52.2 Å². The molecule has 0 spiro atoms. The number of nitrogens with zero attached hydrogens (tertiary/aromatic N) is 4. The van der Waals surface area contributed by atoms with Gasteiger partial charge in [0.1, 0.15) is 5.82 Å². The van der Waals surface area contributed by atoms with Crippen LogP contribution in [0.3, 0.4) is 0 Å². The van der Waals surface area contributed by atoms with Gasteiger partial charge in [0.05, 0.1) is 17.9 Å². The molecule has 0 bridgehead atoms. The van der Waals surface area contributed by atoms with Gasteiger partial charge in [0.15, 0.2) is 0 Å². The first-order chi connectivity index (χ1) is 12.7. The summed E-state index contributed by atoms with van der Waals surface area (Å²) in [7, 11) is 1.58. The van der Waals surface area contributed by atoms with Gasteiger partial charge in [-0.2, -0.15) is 0 Å². The summed E-state index contributed by atoms with van der Waals surface area (Å²) >= 11 is 0. The highest BCUT2D eigenvalue weighted by Gasteiger charge is 2.21. The molecule has 0 unspecified atom stereocenters. The minimum absolute atomic E-state index is 0.207. The fourth-order valence-corrected chi connectivity index (χ4v) is 2.83. The lowest BCUT2D eigenvalue weighted by Gasteiger charge is -2.36. The van der Waals surface area contributed by atoms with Crippen LogP contribution in [-0.2, 0) is 4.74 Å². The molecule has 7 nitrogen and oxygen atoms in total. The van der Waals surface area contributed by atoms with Crippen LogP contribution >= 0.6 is 0 Å². The molecular formula is C18H22FN5O2. The number of anilines is 2. The number of benzene rings is 1. The Kier molecular flexibility index (Phi) is 5.96. The van der Waals surface area contributed by atoms with E-state index >= 15 is 0 Å². The van der Waals surface area contributed by atoms with Crippen LogP contribution in [0, 0.1) is 5.82 Å². The van der Waals surface area contributed by atoms with Crippen molar-refractivity contribution in [3.05, 3.63) is 48.0 Å². The lowest BCUT2D eigenvalue weighted by atomic mass is 10.2. The summed E-state index contributed by atoms with van der Waals surface area (Å²) in [5.74, 6) is 0.144. The van der Waals surface area contributed by atoms with Gasteiger partial charge in [-0.3, -0.25) is 4.79 Å². The maximum Gasteiger partial charge on any atom is 0.254 e. The van der Waals surface area contributed by atoms with Crippen molar-refractivity contribution in [1.29, 1.82) is 0 Å². The van der Waals surface area contributed by atoms with E-state index in [2.05, 4.69) is 15.3 Å². The maximum absolute atomic E-state index is 13.9. The van der Waals surface area contributed by atoms with Crippen LogP contribution in [0.5, 0.6) is 0 Å². The van der Waals surface area contributed by atoms with E-state index in [0.717, 1.165) is 0 Å². The number of ether oxygens (including phenoxy) is 1. The number of piperazine rings is 1. The highest BCUT2D eigenvalue weighted by molar-refractivity contribution is 5.93. The van der Waals surface area contributed by atoms with Gasteiger partial charge in [-0.25, -0.2) is 14.4 Å². The third-order valence-corrected chi connectivity index (χ3v) is 4.25. The number of hydrogen-bond acceptors (Lipinski definition) is 6. The van der Waals surface area contributed by atoms with E-state index in [9.17, 15) is 9.18 Å². The van der Waals surface area contributed by atoms with Crippen molar-refractivity contribution in [2.75, 3.05) is 56.2 Å². The van der Waals surface area contributed by atoms with Gasteiger partial charge in [-0.1, -0.05) is 12.1 Å². The summed E-state index contributed by atoms with van der Waals surface area (Å²) in [4.78, 5) is 24.6. The molecule has 8 heteroatoms. The Labute approximate surface area is 151 Å². The van der Waals surface area contributed by atoms with Crippen molar-refractivity contribution in [2.45, 2.75) is 0 Å². The van der Waals surface area contributed by atoms with Crippen LogP contribution in [0.25, 0.3) is 0 Å². The maximum atomic E-state index is 13.9. The van der Waals surface area contributed by atoms with E-state index in [1.807, 2.05) is 15.9 Å². The molecule has 1 aliphatic heterocycles. The fraction of sp³-hybridized carbons (Fsp3) is 0.389. The predicted octanol–water partition coefficient (Wildman–Crippen LogP) is 1.32. The first kappa shape index (κ1) is 18.1. The Morgan fingerprint density at radius 2 is 1.81 bits per heavy atom. The van der Waals surface area contributed by atoms with E-state index in [4.69, 9.17) is 4.74 Å². The molecule has 2 aromatic rings. The lowest BCUT2D eigenvalue weighted by molar-refractivity contribution is 0.0936. The van der Waals surface area contributed by atoms with Crippen molar-refractivity contribution >= 4 is 17.5 Å². The fourth-order valence-electron chi connectivity index (χ4n) is 2.83. The zero-order chi connectivity index (χ0) is 18.4. The SMILES string of the molecule is COCCNC(=O)c1cnc(N2CCN(c3ccccc3F)CC2)nc1. The molecule has 0 radical (unpaired) electrons. The average molecular weight is 359 g/mol. The first-order valence-corrected chi connectivity index (χ1v) is 8.52. The van der Waals surface area contributed by atoms with Crippen LogP contribution in [0.4, 0.5) is 16.0 Å². The van der Waals surface area contributed by atoms with E-state index in [-0.39, 0.29) is 11.7 Å². The highest BCUT2D eigenvalue weighted by Crippen LogP contribution is 2.21. The third-order valence-electron chi connectivity index (χ3n) is 4.25. The molecule has 26 heavy (non-hydrogen) atoms. The minimum Gasteiger partial charge on any atom is -0.383 e. The number of halogens is 1. The number of carbonyl (C=O) groups is 1. The summed E-state index contributed by atoms with van der Waals surface area (Å²) in [6.45, 7) is 3.64. The monoisotopic (exact) mass is 359 g/mol. The van der Waals surface area contributed by atoms with Gasteiger partial charge in [0.25, 0.3) is 5.91 Å². The Hall–Kier alpha value is -2.74. The van der Waals surface area contributed by atoms with Gasteiger partial charge in [0.2, 0.25) is 5.95 Å². The van der Waals surface area contributed by atoms with Crippen molar-refractivity contribution in [3.8, 4) is 0 Å². The van der Waals surface area contributed by atoms with Crippen LogP contribution in [0.15, 0.2) is 36.7 Å². The molecular weight excluding hydrogens is 337 g/mol. The second-order valence-electron chi connectivity index (χ2n) is 5.95. The molecule has 1 aliphatic rings. The minimum atomic E-state index is -0.224. The molecule has 0 atom stereocenters. The van der Waals surface area contributed by atoms with Gasteiger partial charge in [-0.05, 0) is 12.1 Å². The molecule has 1 aromatic heterocycles. The summed E-state index contributed by atoms with van der Waals surface area (Å²) in [5, 5.41) is 2.73. The summed E-state index contributed by atoms with van der Waals surface area (Å²) in [5.41, 5.74) is 1.03. The second kappa shape index (κ2) is 8.57. The topological polar surface area (TPSA) is 70.6 Å². The molecule has 1 saturated heterocycles. The number of hydrogen-bond donors (Lipinski definition) is 1. The van der Waals surface area contributed by atoms with Crippen molar-refractivity contribution in [3.63, 3.8) is 0 Å². The number of para-hydroxylation sites is 1. The number of rotatable bonds is 6. The number of methoxy groups -OCH3 is 1. The van der Waals surface area contributed by atoms with Crippen LogP contribution < -0.4 is 15.1 Å². The predicted molar refractivity (Wildman–Crippen MR) is 97.1 cm³/mol. The second-order valence-corrected chi connectivity index (χ2v) is 5.95. The van der Waals surface area contributed by atoms with E-state index in [1.165, 1.54) is 18.5 Å². The zero-order valence-corrected chi connectivity index (χ0v) is 14.7. The lowest BCUT2D eigenvalue weighted by Crippen LogP contribution is -2.47. The summed E-state index contributed by atoms with van der Waals surface area (Å²) in [6.07, 6.45) is 3.04. The van der Waals surface area contributed by atoms with E-state index < -0.39 is 0 Å². The number of carbonyl (C=O) groups excluding carboxylic acids is 1. The van der Waals surface area contributed by atoms with Crippen LogP contribution in [-0.4, -0.2) is 62.3 Å². The highest BCUT2D eigenvalue weighted by atomic mass is 19.1. The Bertz CT molecular complexity index is 733. The van der Waals surface area contributed by atoms with Gasteiger partial charge < -0.3 is 19.9 Å². The van der Waals surface area contributed by atoms with Crippen molar-refractivity contribution < 1.29 is 13.9 Å². The molecule has 2 heterocycles. The zero-order valence-electron chi connectivity index (χ0n) is 14.7. The molecule has 0 saturated carbocycles. The number of aromatic nitrogens is 2. The van der Waals surface area contributed by atoms with Gasteiger partial charge >= 0.3 is 0 Å². The smallest absolute Gasteiger partial charge is 0.254 e. The average Bonchev–Trinajstić information content (AvgIpc) is 2.69. The van der Waals surface area contributed by atoms with Crippen LogP contribution in [0.2, 0.25) is 0 Å². The van der Waals surface area contributed by atoms with Crippen molar-refractivity contribution in [1.82, 2.24) is 15.3 Å². The largest absolute Gasteiger partial charge is 0.383 e. The Morgan fingerprint density at radius 3 is 2.46 bits per heavy atom. The Morgan fingerprint density at radius 1 is 1.15 bits per heavy atom. The number of nitrogens with one attached hydrogen (secondary N) is 1. The van der Waals surface area contributed by atoms with Crippen LogP contribution in [0.1, 0.15) is 10.4 Å². The molecule has 1 amide bonds. The quantitative estimate of drug-likeness (QED) is 0.785. The Balaban J connectivity index is 1.56. The summed E-state index contributed by atoms with van der Waals surface area (Å²) in [6, 6.07) is 6.79. The van der Waals surface area contributed by atoms with Gasteiger partial charge in [-0.15, -0.1) is 0 Å². The molecule has 3 rings (SSSR count). The first-order valence-electron chi connectivity index (χ1n) is 8.52. The third kappa shape index (κ3) is 4.26. The number of amides is 1. The standard InChI is InChI=1S/C18H22FN5O2/c1-26-11-6-20-17(25)14-12-21-18(22-13-14)24-9-7-23(8-10-24)16-5-3-2-4-15(16)19/h2-5,12-13H,6-11H2,1H3,(H,20,25).